The Balaban J connectivity index is 2.51. The monoisotopic (exact) mass is 153 g/mol. The normalized spacial score (nSPS) is 28.7. The minimum Gasteiger partial charge on any atom is -0.411 e. The zero-order valence-corrected chi connectivity index (χ0v) is 6.79. The molecule has 1 fully saturated rings. The van der Waals surface area contributed by atoms with E-state index >= 15 is 0 Å². The molecular formula is C9H15NO. The molecule has 62 valence electrons. The van der Waals surface area contributed by atoms with Crippen LogP contribution in [0.4, 0.5) is 0 Å². The smallest absolute Gasteiger partial charge is 0.0604 e. The van der Waals surface area contributed by atoms with Crippen LogP contribution in [0.5, 0.6) is 0 Å². The molecule has 0 aliphatic heterocycles. The van der Waals surface area contributed by atoms with Crippen molar-refractivity contribution in [2.45, 2.75) is 32.1 Å². The maximum Gasteiger partial charge on any atom is 0.0604 e. The maximum absolute atomic E-state index is 8.64. The van der Waals surface area contributed by atoms with Crippen molar-refractivity contribution >= 4 is 5.71 Å². The van der Waals surface area contributed by atoms with E-state index < -0.39 is 0 Å². The molecule has 1 N–H and O–H groups in total. The molecule has 11 heavy (non-hydrogen) atoms. The number of hydrogen-bond donors (Lipinski definition) is 1. The molecule has 0 heterocycles. The van der Waals surface area contributed by atoms with Gasteiger partial charge in [-0.05, 0) is 25.7 Å². The Morgan fingerprint density at radius 3 is 3.09 bits per heavy atom. The van der Waals surface area contributed by atoms with E-state index in [1.54, 1.807) is 0 Å². The van der Waals surface area contributed by atoms with Gasteiger partial charge in [0, 0.05) is 5.92 Å². The fourth-order valence-electron chi connectivity index (χ4n) is 1.65. The Morgan fingerprint density at radius 1 is 1.64 bits per heavy atom. The summed E-state index contributed by atoms with van der Waals surface area (Å²) in [6.45, 7) is 3.69. The van der Waals surface area contributed by atoms with Crippen LogP contribution in [-0.4, -0.2) is 10.9 Å². The third-order valence-electron chi connectivity index (χ3n) is 2.29. The Morgan fingerprint density at radius 2 is 2.45 bits per heavy atom. The van der Waals surface area contributed by atoms with Crippen molar-refractivity contribution in [3.8, 4) is 0 Å². The van der Waals surface area contributed by atoms with Crippen LogP contribution in [0.15, 0.2) is 17.8 Å². The van der Waals surface area contributed by atoms with Gasteiger partial charge in [-0.2, -0.15) is 0 Å². The predicted molar refractivity (Wildman–Crippen MR) is 46.0 cm³/mol. The zero-order chi connectivity index (χ0) is 8.10. The van der Waals surface area contributed by atoms with E-state index in [0.717, 1.165) is 25.0 Å². The molecule has 1 aliphatic carbocycles. The van der Waals surface area contributed by atoms with Crippen molar-refractivity contribution < 1.29 is 5.21 Å². The highest BCUT2D eigenvalue weighted by molar-refractivity contribution is 5.86. The van der Waals surface area contributed by atoms with Gasteiger partial charge in [-0.15, -0.1) is 6.58 Å². The van der Waals surface area contributed by atoms with Crippen LogP contribution >= 0.6 is 0 Å². The molecule has 1 aliphatic rings. The lowest BCUT2D eigenvalue weighted by atomic mass is 9.85. The molecule has 0 aromatic carbocycles. The minimum atomic E-state index is 0.464. The lowest BCUT2D eigenvalue weighted by Gasteiger charge is -2.21. The second-order valence-corrected chi connectivity index (χ2v) is 3.06. The van der Waals surface area contributed by atoms with Crippen LogP contribution in [0.3, 0.4) is 0 Å². The fourth-order valence-corrected chi connectivity index (χ4v) is 1.65. The third kappa shape index (κ3) is 2.07. The quantitative estimate of drug-likeness (QED) is 0.369. The molecule has 0 radical (unpaired) electrons. The molecule has 0 aromatic heterocycles. The topological polar surface area (TPSA) is 32.6 Å². The number of nitrogens with zero attached hydrogens (tertiary/aromatic N) is 1. The van der Waals surface area contributed by atoms with E-state index in [1.165, 1.54) is 12.8 Å². The van der Waals surface area contributed by atoms with Crippen LogP contribution in [-0.2, 0) is 0 Å². The van der Waals surface area contributed by atoms with E-state index in [0.29, 0.717) is 5.92 Å². The van der Waals surface area contributed by atoms with Crippen molar-refractivity contribution in [3.05, 3.63) is 12.7 Å². The summed E-state index contributed by atoms with van der Waals surface area (Å²) in [6, 6.07) is 0. The highest BCUT2D eigenvalue weighted by atomic mass is 16.4. The van der Waals surface area contributed by atoms with Gasteiger partial charge in [-0.1, -0.05) is 17.7 Å². The van der Waals surface area contributed by atoms with E-state index in [-0.39, 0.29) is 0 Å². The summed E-state index contributed by atoms with van der Waals surface area (Å²) in [4.78, 5) is 0. The van der Waals surface area contributed by atoms with Crippen LogP contribution in [0.2, 0.25) is 0 Å². The number of oxime groups is 1. The highest BCUT2D eigenvalue weighted by Crippen LogP contribution is 2.24. The molecule has 0 spiro atoms. The van der Waals surface area contributed by atoms with Crippen LogP contribution in [0.1, 0.15) is 32.1 Å². The van der Waals surface area contributed by atoms with Gasteiger partial charge in [0.1, 0.15) is 0 Å². The van der Waals surface area contributed by atoms with E-state index in [4.69, 9.17) is 5.21 Å². The van der Waals surface area contributed by atoms with Crippen molar-refractivity contribution in [2.24, 2.45) is 11.1 Å². The summed E-state index contributed by atoms with van der Waals surface area (Å²) >= 11 is 0. The average molecular weight is 153 g/mol. The summed E-state index contributed by atoms with van der Waals surface area (Å²) in [5, 5.41) is 12.0. The molecule has 1 saturated carbocycles. The molecule has 2 nitrogen and oxygen atoms in total. The first-order valence-electron chi connectivity index (χ1n) is 4.20. The SMILES string of the molecule is C=CC[C@H]1CCCC/C1=N/O. The summed E-state index contributed by atoms with van der Waals surface area (Å²) < 4.78 is 0. The van der Waals surface area contributed by atoms with Crippen molar-refractivity contribution in [2.75, 3.05) is 0 Å². The first-order chi connectivity index (χ1) is 5.38. The zero-order valence-electron chi connectivity index (χ0n) is 6.79. The van der Waals surface area contributed by atoms with E-state index in [9.17, 15) is 0 Å². The summed E-state index contributed by atoms with van der Waals surface area (Å²) in [5.41, 5.74) is 0.969. The molecule has 0 aromatic rings. The Hall–Kier alpha value is -0.790. The first kappa shape index (κ1) is 8.31. The van der Waals surface area contributed by atoms with Crippen LogP contribution in [0.25, 0.3) is 0 Å². The fraction of sp³-hybridized carbons (Fsp3) is 0.667. The Bertz CT molecular complexity index is 163. The second kappa shape index (κ2) is 4.16. The second-order valence-electron chi connectivity index (χ2n) is 3.06. The minimum absolute atomic E-state index is 0.464. The third-order valence-corrected chi connectivity index (χ3v) is 2.29. The number of allylic oxidation sites excluding steroid dienone is 1. The molecular weight excluding hydrogens is 138 g/mol. The van der Waals surface area contributed by atoms with Crippen molar-refractivity contribution in [1.82, 2.24) is 0 Å². The maximum atomic E-state index is 8.64. The molecule has 1 rings (SSSR count). The van der Waals surface area contributed by atoms with Gasteiger partial charge in [0.05, 0.1) is 5.71 Å². The first-order valence-corrected chi connectivity index (χ1v) is 4.20. The van der Waals surface area contributed by atoms with Gasteiger partial charge in [0.25, 0.3) is 0 Å². The van der Waals surface area contributed by atoms with Gasteiger partial charge in [-0.25, -0.2) is 0 Å². The van der Waals surface area contributed by atoms with Crippen LogP contribution in [0, 0.1) is 5.92 Å². The lowest BCUT2D eigenvalue weighted by Crippen LogP contribution is -2.18. The van der Waals surface area contributed by atoms with Gasteiger partial charge < -0.3 is 5.21 Å². The van der Waals surface area contributed by atoms with Gasteiger partial charge in [0.15, 0.2) is 0 Å². The molecule has 1 atom stereocenters. The molecule has 0 bridgehead atoms. The standard InChI is InChI=1S/C9H15NO/c1-2-5-8-6-3-4-7-9(8)10-11/h2,8,11H,1,3-7H2/b10-9-/t8-/m0/s1. The average Bonchev–Trinajstić information content (AvgIpc) is 2.06. The van der Waals surface area contributed by atoms with Gasteiger partial charge >= 0.3 is 0 Å². The number of rotatable bonds is 2. The van der Waals surface area contributed by atoms with Crippen molar-refractivity contribution in [3.63, 3.8) is 0 Å². The predicted octanol–water partition coefficient (Wildman–Crippen LogP) is 2.58. The largest absolute Gasteiger partial charge is 0.411 e. The van der Waals surface area contributed by atoms with Gasteiger partial charge in [-0.3, -0.25) is 0 Å². The summed E-state index contributed by atoms with van der Waals surface area (Å²) in [7, 11) is 0. The van der Waals surface area contributed by atoms with Crippen LogP contribution < -0.4 is 0 Å². The highest BCUT2D eigenvalue weighted by Gasteiger charge is 2.18. The molecule has 2 heteroatoms. The Kier molecular flexibility index (Phi) is 3.14. The number of hydrogen-bond acceptors (Lipinski definition) is 2. The summed E-state index contributed by atoms with van der Waals surface area (Å²) in [6.07, 6.45) is 7.42. The van der Waals surface area contributed by atoms with E-state index in [1.807, 2.05) is 6.08 Å². The van der Waals surface area contributed by atoms with E-state index in [2.05, 4.69) is 11.7 Å². The lowest BCUT2D eigenvalue weighted by molar-refractivity contribution is 0.309. The molecule has 0 saturated heterocycles. The summed E-state index contributed by atoms with van der Waals surface area (Å²) in [5.74, 6) is 0.464. The van der Waals surface area contributed by atoms with Crippen molar-refractivity contribution in [1.29, 1.82) is 0 Å². The Labute approximate surface area is 67.6 Å². The molecule has 0 amide bonds. The van der Waals surface area contributed by atoms with Gasteiger partial charge in [0.2, 0.25) is 0 Å². The molecule has 0 unspecified atom stereocenters.